The van der Waals surface area contributed by atoms with Crippen molar-refractivity contribution in [1.29, 1.82) is 0 Å². The van der Waals surface area contributed by atoms with Crippen molar-refractivity contribution in [3.8, 4) is 11.5 Å². The van der Waals surface area contributed by atoms with E-state index in [4.69, 9.17) is 9.47 Å². The molecule has 1 heterocycles. The summed E-state index contributed by atoms with van der Waals surface area (Å²) >= 11 is 0. The van der Waals surface area contributed by atoms with Crippen molar-refractivity contribution < 1.29 is 22.6 Å². The van der Waals surface area contributed by atoms with Gasteiger partial charge in [-0.3, -0.25) is 4.90 Å². The number of aryl methyl sites for hydroxylation is 1. The van der Waals surface area contributed by atoms with E-state index in [-0.39, 0.29) is 0 Å². The summed E-state index contributed by atoms with van der Waals surface area (Å²) in [6, 6.07) is 2.69. The first-order valence-electron chi connectivity index (χ1n) is 7.59. The molecule has 0 spiro atoms. The molecule has 1 aromatic rings. The largest absolute Gasteiger partial charge is 0.496 e. The average Bonchev–Trinajstić information content (AvgIpc) is 2.52. The number of halogens is 3. The van der Waals surface area contributed by atoms with Gasteiger partial charge >= 0.3 is 6.18 Å². The zero-order valence-electron chi connectivity index (χ0n) is 13.7. The van der Waals surface area contributed by atoms with E-state index < -0.39 is 18.6 Å². The van der Waals surface area contributed by atoms with Crippen LogP contribution in [0.15, 0.2) is 12.1 Å². The number of hydrogen-bond acceptors (Lipinski definition) is 4. The van der Waals surface area contributed by atoms with Gasteiger partial charge in [0.25, 0.3) is 0 Å². The summed E-state index contributed by atoms with van der Waals surface area (Å²) in [7, 11) is 2.94. The summed E-state index contributed by atoms with van der Waals surface area (Å²) in [4.78, 5) is 1.85. The Kier molecular flexibility index (Phi) is 5.75. The van der Waals surface area contributed by atoms with Gasteiger partial charge in [-0.05, 0) is 24.6 Å². The van der Waals surface area contributed by atoms with Crippen molar-refractivity contribution >= 4 is 0 Å². The standard InChI is InChI=1S/C16H23F3N2O2/c1-11-8-13(22-2)15(14(9-11)23-3)12(10-16(17,18)19)21-6-4-20-5-7-21/h8-9,12,20H,4-7,10H2,1-3H3/t12-/m1/s1. The second-order valence-corrected chi connectivity index (χ2v) is 5.70. The monoisotopic (exact) mass is 332 g/mol. The van der Waals surface area contributed by atoms with Crippen LogP contribution in [-0.4, -0.2) is 51.5 Å². The number of ether oxygens (including phenoxy) is 2. The predicted octanol–water partition coefficient (Wildman–Crippen LogP) is 2.91. The van der Waals surface area contributed by atoms with Crippen LogP contribution in [0.5, 0.6) is 11.5 Å². The van der Waals surface area contributed by atoms with E-state index in [0.29, 0.717) is 43.2 Å². The molecular weight excluding hydrogens is 309 g/mol. The van der Waals surface area contributed by atoms with Crippen LogP contribution >= 0.6 is 0 Å². The summed E-state index contributed by atoms with van der Waals surface area (Å²) in [5, 5.41) is 3.16. The van der Waals surface area contributed by atoms with Gasteiger partial charge in [-0.1, -0.05) is 0 Å². The van der Waals surface area contributed by atoms with Gasteiger partial charge in [0.15, 0.2) is 0 Å². The molecule has 1 atom stereocenters. The van der Waals surface area contributed by atoms with E-state index in [1.165, 1.54) is 14.2 Å². The van der Waals surface area contributed by atoms with Gasteiger partial charge in [-0.15, -0.1) is 0 Å². The maximum Gasteiger partial charge on any atom is 0.390 e. The van der Waals surface area contributed by atoms with Gasteiger partial charge < -0.3 is 14.8 Å². The highest BCUT2D eigenvalue weighted by Crippen LogP contribution is 2.43. The van der Waals surface area contributed by atoms with Gasteiger partial charge in [0, 0.05) is 26.2 Å². The topological polar surface area (TPSA) is 33.7 Å². The zero-order valence-corrected chi connectivity index (χ0v) is 13.7. The van der Waals surface area contributed by atoms with Gasteiger partial charge in [0.05, 0.1) is 32.2 Å². The van der Waals surface area contributed by atoms with E-state index in [2.05, 4.69) is 5.32 Å². The predicted molar refractivity (Wildman–Crippen MR) is 82.1 cm³/mol. The van der Waals surface area contributed by atoms with E-state index >= 15 is 0 Å². The number of methoxy groups -OCH3 is 2. The molecule has 2 rings (SSSR count). The fourth-order valence-corrected chi connectivity index (χ4v) is 3.03. The molecule has 1 saturated heterocycles. The average molecular weight is 332 g/mol. The molecule has 1 fully saturated rings. The third-order valence-electron chi connectivity index (χ3n) is 4.04. The fraction of sp³-hybridized carbons (Fsp3) is 0.625. The molecule has 0 aromatic heterocycles. The van der Waals surface area contributed by atoms with Crippen molar-refractivity contribution in [2.45, 2.75) is 25.6 Å². The summed E-state index contributed by atoms with van der Waals surface area (Å²) < 4.78 is 50.2. The first-order valence-corrected chi connectivity index (χ1v) is 7.59. The van der Waals surface area contributed by atoms with Crippen molar-refractivity contribution in [2.24, 2.45) is 0 Å². The van der Waals surface area contributed by atoms with Crippen LogP contribution in [0, 0.1) is 6.92 Å². The van der Waals surface area contributed by atoms with Crippen LogP contribution < -0.4 is 14.8 Å². The first-order chi connectivity index (χ1) is 10.9. The van der Waals surface area contributed by atoms with Crippen LogP contribution in [0.25, 0.3) is 0 Å². The van der Waals surface area contributed by atoms with Crippen LogP contribution in [0.2, 0.25) is 0 Å². The minimum Gasteiger partial charge on any atom is -0.496 e. The highest BCUT2D eigenvalue weighted by Gasteiger charge is 2.38. The Morgan fingerprint density at radius 3 is 2.09 bits per heavy atom. The minimum atomic E-state index is -4.27. The molecule has 0 radical (unpaired) electrons. The molecule has 1 aliphatic rings. The second-order valence-electron chi connectivity index (χ2n) is 5.70. The Morgan fingerprint density at radius 1 is 1.13 bits per heavy atom. The van der Waals surface area contributed by atoms with Gasteiger partial charge in [0.1, 0.15) is 11.5 Å². The van der Waals surface area contributed by atoms with Gasteiger partial charge in [-0.25, -0.2) is 0 Å². The maximum atomic E-state index is 13.2. The molecule has 0 bridgehead atoms. The lowest BCUT2D eigenvalue weighted by molar-refractivity contribution is -0.149. The molecule has 1 aromatic carbocycles. The molecular formula is C16H23F3N2O2. The van der Waals surface area contributed by atoms with Crippen molar-refractivity contribution in [2.75, 3.05) is 40.4 Å². The van der Waals surface area contributed by atoms with Crippen LogP contribution in [-0.2, 0) is 0 Å². The Bertz CT molecular complexity index is 504. The number of benzene rings is 1. The summed E-state index contributed by atoms with van der Waals surface area (Å²) in [5.41, 5.74) is 1.35. The SMILES string of the molecule is COc1cc(C)cc(OC)c1[C@@H](CC(F)(F)F)N1CCNCC1. The summed E-state index contributed by atoms with van der Waals surface area (Å²) in [6.45, 7) is 4.32. The van der Waals surface area contributed by atoms with Crippen LogP contribution in [0.4, 0.5) is 13.2 Å². The van der Waals surface area contributed by atoms with Crippen molar-refractivity contribution in [1.82, 2.24) is 10.2 Å². The number of nitrogens with zero attached hydrogens (tertiary/aromatic N) is 1. The highest BCUT2D eigenvalue weighted by atomic mass is 19.4. The molecule has 0 unspecified atom stereocenters. The fourth-order valence-electron chi connectivity index (χ4n) is 3.03. The van der Waals surface area contributed by atoms with E-state index in [1.807, 2.05) is 11.8 Å². The molecule has 1 N–H and O–H groups in total. The Morgan fingerprint density at radius 2 is 1.65 bits per heavy atom. The lowest BCUT2D eigenvalue weighted by Gasteiger charge is -2.36. The third kappa shape index (κ3) is 4.51. The molecule has 4 nitrogen and oxygen atoms in total. The van der Waals surface area contributed by atoms with Crippen LogP contribution in [0.3, 0.4) is 0 Å². The van der Waals surface area contributed by atoms with Crippen LogP contribution in [0.1, 0.15) is 23.6 Å². The second kappa shape index (κ2) is 7.40. The van der Waals surface area contributed by atoms with E-state index in [9.17, 15) is 13.2 Å². The molecule has 130 valence electrons. The number of rotatable bonds is 5. The van der Waals surface area contributed by atoms with E-state index in [1.54, 1.807) is 12.1 Å². The quantitative estimate of drug-likeness (QED) is 0.899. The van der Waals surface area contributed by atoms with Crippen molar-refractivity contribution in [3.05, 3.63) is 23.3 Å². The molecule has 7 heteroatoms. The number of hydrogen-bond donors (Lipinski definition) is 1. The van der Waals surface area contributed by atoms with E-state index in [0.717, 1.165) is 5.56 Å². The molecule has 0 aliphatic carbocycles. The lowest BCUT2D eigenvalue weighted by Crippen LogP contribution is -2.46. The molecule has 23 heavy (non-hydrogen) atoms. The third-order valence-corrected chi connectivity index (χ3v) is 4.04. The first kappa shape index (κ1) is 17.9. The lowest BCUT2D eigenvalue weighted by atomic mass is 9.97. The zero-order chi connectivity index (χ0) is 17.0. The number of piperazine rings is 1. The maximum absolute atomic E-state index is 13.2. The van der Waals surface area contributed by atoms with Gasteiger partial charge in [0.2, 0.25) is 0 Å². The highest BCUT2D eigenvalue weighted by molar-refractivity contribution is 5.50. The molecule has 1 aliphatic heterocycles. The minimum absolute atomic E-state index is 0.439. The normalized spacial score (nSPS) is 17.8. The number of nitrogens with one attached hydrogen (secondary N) is 1. The number of alkyl halides is 3. The van der Waals surface area contributed by atoms with Crippen molar-refractivity contribution in [3.63, 3.8) is 0 Å². The summed E-state index contributed by atoms with van der Waals surface area (Å²) in [6.07, 6.45) is -5.20. The summed E-state index contributed by atoms with van der Waals surface area (Å²) in [5.74, 6) is 0.879. The Labute approximate surface area is 134 Å². The molecule has 0 amide bonds. The Hall–Kier alpha value is -1.47. The smallest absolute Gasteiger partial charge is 0.390 e. The molecule has 0 saturated carbocycles. The van der Waals surface area contributed by atoms with Gasteiger partial charge in [-0.2, -0.15) is 13.2 Å². The Balaban J connectivity index is 2.48.